The summed E-state index contributed by atoms with van der Waals surface area (Å²) in [6, 6.07) is 22.0. The number of nitrogens with one attached hydrogen (secondary N) is 3. The molecule has 3 aromatic rings. The predicted molar refractivity (Wildman–Crippen MR) is 151 cm³/mol. The van der Waals surface area contributed by atoms with Gasteiger partial charge in [-0.2, -0.15) is 0 Å². The molecule has 5 nitrogen and oxygen atoms in total. The summed E-state index contributed by atoms with van der Waals surface area (Å²) in [5.41, 5.74) is 5.57. The lowest BCUT2D eigenvalue weighted by atomic mass is 9.90. The molecule has 200 valence electrons. The highest BCUT2D eigenvalue weighted by Crippen LogP contribution is 2.24. The highest BCUT2D eigenvalue weighted by molar-refractivity contribution is 5.94. The molecule has 2 fully saturated rings. The van der Waals surface area contributed by atoms with Crippen LogP contribution in [0.25, 0.3) is 11.1 Å². The van der Waals surface area contributed by atoms with Crippen molar-refractivity contribution in [3.05, 3.63) is 94.8 Å². The number of hydrogen-bond donors (Lipinski definition) is 3. The fraction of sp³-hybridized carbons (Fsp3) is 0.406. The van der Waals surface area contributed by atoms with Gasteiger partial charge in [0.15, 0.2) is 0 Å². The molecule has 2 heterocycles. The lowest BCUT2D eigenvalue weighted by Gasteiger charge is -2.31. The Labute approximate surface area is 225 Å². The SMILES string of the molecule is C[C@H]1CN(Cc2cccc(-c3ccc(F)c(CNC(=O)c4cccc(CC5CCNCC5)c4)c3)c2)CCN1. The number of halogens is 1. The molecular weight excluding hydrogens is 475 g/mol. The molecule has 1 amide bonds. The maximum absolute atomic E-state index is 14.7. The van der Waals surface area contributed by atoms with Crippen molar-refractivity contribution in [1.82, 2.24) is 20.9 Å². The number of benzene rings is 3. The van der Waals surface area contributed by atoms with Crippen LogP contribution in [-0.2, 0) is 19.5 Å². The zero-order valence-electron chi connectivity index (χ0n) is 22.3. The predicted octanol–water partition coefficient (Wildman–Crippen LogP) is 4.76. The van der Waals surface area contributed by atoms with Gasteiger partial charge in [-0.1, -0.05) is 36.4 Å². The van der Waals surface area contributed by atoms with Gasteiger partial charge in [0.2, 0.25) is 0 Å². The molecule has 0 aromatic heterocycles. The van der Waals surface area contributed by atoms with Gasteiger partial charge in [0.25, 0.3) is 5.91 Å². The average molecular weight is 515 g/mol. The van der Waals surface area contributed by atoms with E-state index in [-0.39, 0.29) is 18.3 Å². The van der Waals surface area contributed by atoms with Crippen LogP contribution >= 0.6 is 0 Å². The first-order valence-corrected chi connectivity index (χ1v) is 13.9. The average Bonchev–Trinajstić information content (AvgIpc) is 2.93. The first-order valence-electron chi connectivity index (χ1n) is 13.9. The zero-order chi connectivity index (χ0) is 26.3. The molecule has 2 saturated heterocycles. The maximum Gasteiger partial charge on any atom is 0.251 e. The van der Waals surface area contributed by atoms with Gasteiger partial charge in [0.05, 0.1) is 0 Å². The molecule has 0 unspecified atom stereocenters. The number of amides is 1. The van der Waals surface area contributed by atoms with Crippen LogP contribution in [0.1, 0.15) is 46.8 Å². The Hall–Kier alpha value is -3.06. The summed E-state index contributed by atoms with van der Waals surface area (Å²) in [4.78, 5) is 15.4. The highest BCUT2D eigenvalue weighted by atomic mass is 19.1. The lowest BCUT2D eigenvalue weighted by molar-refractivity contribution is 0.0950. The van der Waals surface area contributed by atoms with Gasteiger partial charge in [-0.3, -0.25) is 9.69 Å². The van der Waals surface area contributed by atoms with Crippen molar-refractivity contribution in [3.63, 3.8) is 0 Å². The quantitative estimate of drug-likeness (QED) is 0.406. The van der Waals surface area contributed by atoms with Gasteiger partial charge in [-0.25, -0.2) is 4.39 Å². The van der Waals surface area contributed by atoms with E-state index in [0.29, 0.717) is 23.1 Å². The Morgan fingerprint density at radius 2 is 1.76 bits per heavy atom. The van der Waals surface area contributed by atoms with Crippen molar-refractivity contribution in [2.75, 3.05) is 32.7 Å². The van der Waals surface area contributed by atoms with E-state index in [9.17, 15) is 9.18 Å². The Kier molecular flexibility index (Phi) is 8.84. The standard InChI is InChI=1S/C32H39FN4O/c1-23-21-37(15-14-35-23)22-26-5-3-6-27(18-26)28-8-9-31(33)30(19-28)20-36-32(38)29-7-2-4-25(17-29)16-24-10-12-34-13-11-24/h2-9,17-19,23-24,34-35H,10-16,20-22H2,1H3,(H,36,38)/t23-/m0/s1. The normalized spacial score (nSPS) is 18.8. The van der Waals surface area contributed by atoms with E-state index in [1.165, 1.54) is 30.0 Å². The first-order chi connectivity index (χ1) is 18.5. The third kappa shape index (κ3) is 7.07. The lowest BCUT2D eigenvalue weighted by Crippen LogP contribution is -2.48. The van der Waals surface area contributed by atoms with Crippen LogP contribution in [-0.4, -0.2) is 49.6 Å². The van der Waals surface area contributed by atoms with Crippen molar-refractivity contribution in [2.24, 2.45) is 5.92 Å². The maximum atomic E-state index is 14.7. The Balaban J connectivity index is 1.23. The van der Waals surface area contributed by atoms with E-state index >= 15 is 0 Å². The van der Waals surface area contributed by atoms with Gasteiger partial charge in [-0.15, -0.1) is 0 Å². The molecule has 3 N–H and O–H groups in total. The number of piperazine rings is 1. The summed E-state index contributed by atoms with van der Waals surface area (Å²) in [6.07, 6.45) is 3.33. The van der Waals surface area contributed by atoms with Gasteiger partial charge in [-0.05, 0) is 97.8 Å². The summed E-state index contributed by atoms with van der Waals surface area (Å²) >= 11 is 0. The molecule has 0 saturated carbocycles. The highest BCUT2D eigenvalue weighted by Gasteiger charge is 2.17. The van der Waals surface area contributed by atoms with Crippen molar-refractivity contribution < 1.29 is 9.18 Å². The minimum absolute atomic E-state index is 0.148. The number of piperidine rings is 1. The van der Waals surface area contributed by atoms with E-state index in [1.54, 1.807) is 0 Å². The molecule has 2 aliphatic heterocycles. The number of nitrogens with zero attached hydrogens (tertiary/aromatic N) is 1. The van der Waals surface area contributed by atoms with Crippen molar-refractivity contribution >= 4 is 5.91 Å². The Bertz CT molecular complexity index is 1240. The molecule has 1 atom stereocenters. The molecule has 38 heavy (non-hydrogen) atoms. The van der Waals surface area contributed by atoms with Crippen LogP contribution in [0.3, 0.4) is 0 Å². The van der Waals surface area contributed by atoms with Crippen LogP contribution in [0.5, 0.6) is 0 Å². The van der Waals surface area contributed by atoms with E-state index < -0.39 is 0 Å². The molecule has 0 aliphatic carbocycles. The number of hydrogen-bond acceptors (Lipinski definition) is 4. The molecule has 2 aliphatic rings. The van der Waals surface area contributed by atoms with Crippen LogP contribution in [0.15, 0.2) is 66.7 Å². The number of rotatable bonds is 8. The summed E-state index contributed by atoms with van der Waals surface area (Å²) in [6.45, 7) is 8.48. The summed E-state index contributed by atoms with van der Waals surface area (Å²) in [7, 11) is 0. The largest absolute Gasteiger partial charge is 0.348 e. The summed E-state index contributed by atoms with van der Waals surface area (Å²) in [5.74, 6) is 0.180. The van der Waals surface area contributed by atoms with E-state index in [1.807, 2.05) is 30.3 Å². The smallest absolute Gasteiger partial charge is 0.251 e. The minimum atomic E-state index is -0.306. The van der Waals surface area contributed by atoms with Crippen LogP contribution < -0.4 is 16.0 Å². The zero-order valence-corrected chi connectivity index (χ0v) is 22.3. The third-order valence-corrected chi connectivity index (χ3v) is 7.78. The molecule has 6 heteroatoms. The topological polar surface area (TPSA) is 56.4 Å². The second kappa shape index (κ2) is 12.7. The third-order valence-electron chi connectivity index (χ3n) is 7.78. The van der Waals surface area contributed by atoms with Gasteiger partial charge >= 0.3 is 0 Å². The van der Waals surface area contributed by atoms with Crippen LogP contribution in [0, 0.1) is 11.7 Å². The first kappa shape index (κ1) is 26.5. The number of carbonyl (C=O) groups is 1. The van der Waals surface area contributed by atoms with Gasteiger partial charge in [0.1, 0.15) is 5.82 Å². The van der Waals surface area contributed by atoms with E-state index in [4.69, 9.17) is 0 Å². The summed E-state index contributed by atoms with van der Waals surface area (Å²) in [5, 5.41) is 9.82. The van der Waals surface area contributed by atoms with Gasteiger partial charge < -0.3 is 16.0 Å². The Morgan fingerprint density at radius 1 is 0.974 bits per heavy atom. The monoisotopic (exact) mass is 514 g/mol. The van der Waals surface area contributed by atoms with E-state index in [2.05, 4.69) is 58.1 Å². The van der Waals surface area contributed by atoms with Crippen LogP contribution in [0.2, 0.25) is 0 Å². The molecule has 5 rings (SSSR count). The van der Waals surface area contributed by atoms with Crippen molar-refractivity contribution in [1.29, 1.82) is 0 Å². The fourth-order valence-corrected chi connectivity index (χ4v) is 5.69. The van der Waals surface area contributed by atoms with E-state index in [0.717, 1.165) is 56.8 Å². The molecular formula is C32H39FN4O. The summed E-state index contributed by atoms with van der Waals surface area (Å²) < 4.78 is 14.7. The van der Waals surface area contributed by atoms with Crippen LogP contribution in [0.4, 0.5) is 4.39 Å². The fourth-order valence-electron chi connectivity index (χ4n) is 5.69. The minimum Gasteiger partial charge on any atom is -0.348 e. The van der Waals surface area contributed by atoms with Crippen molar-refractivity contribution in [3.8, 4) is 11.1 Å². The molecule has 0 bridgehead atoms. The molecule has 3 aromatic carbocycles. The molecule has 0 radical (unpaired) electrons. The van der Waals surface area contributed by atoms with Crippen molar-refractivity contribution in [2.45, 2.75) is 45.3 Å². The second-order valence-electron chi connectivity index (χ2n) is 10.9. The van der Waals surface area contributed by atoms with Gasteiger partial charge in [0, 0.05) is 49.9 Å². The molecule has 0 spiro atoms. The Morgan fingerprint density at radius 3 is 2.61 bits per heavy atom. The second-order valence-corrected chi connectivity index (χ2v) is 10.9. The number of carbonyl (C=O) groups excluding carboxylic acids is 1.